The van der Waals surface area contributed by atoms with E-state index in [0.29, 0.717) is 6.54 Å². The molecule has 0 bridgehead atoms. The molecule has 0 saturated carbocycles. The van der Waals surface area contributed by atoms with Crippen molar-refractivity contribution in [3.8, 4) is 0 Å². The lowest BCUT2D eigenvalue weighted by Crippen LogP contribution is -2.32. The van der Waals surface area contributed by atoms with Crippen LogP contribution in [0.25, 0.3) is 0 Å². The maximum atomic E-state index is 12.1. The first-order valence-corrected chi connectivity index (χ1v) is 4.75. The minimum Gasteiger partial charge on any atom is -0.296 e. The minimum absolute atomic E-state index is 0.234. The van der Waals surface area contributed by atoms with Gasteiger partial charge in [0, 0.05) is 19.6 Å². The number of hydrogen-bond donors (Lipinski definition) is 0. The molecule has 0 spiro atoms. The molecule has 1 nitrogen and oxygen atoms in total. The Morgan fingerprint density at radius 3 is 2.77 bits per heavy atom. The fourth-order valence-corrected chi connectivity index (χ4v) is 1.86. The summed E-state index contributed by atoms with van der Waals surface area (Å²) in [7, 11) is 0. The van der Waals surface area contributed by atoms with Crippen LogP contribution < -0.4 is 0 Å². The van der Waals surface area contributed by atoms with Crippen LogP contribution in [0.15, 0.2) is 24.3 Å². The number of rotatable bonds is 2. The summed E-state index contributed by atoms with van der Waals surface area (Å²) in [6, 6.07) is 8.43. The van der Waals surface area contributed by atoms with Gasteiger partial charge in [-0.15, -0.1) is 0 Å². The monoisotopic (exact) mass is 179 g/mol. The van der Waals surface area contributed by atoms with Crippen molar-refractivity contribution in [1.29, 1.82) is 0 Å². The van der Waals surface area contributed by atoms with Crippen LogP contribution in [0.1, 0.15) is 11.1 Å². The van der Waals surface area contributed by atoms with Crippen molar-refractivity contribution in [2.75, 3.05) is 19.8 Å². The molecular formula is C11H14FN. The molecule has 0 fully saturated rings. The molecule has 1 aromatic rings. The number of halogens is 1. The van der Waals surface area contributed by atoms with Crippen molar-refractivity contribution in [3.63, 3.8) is 0 Å². The van der Waals surface area contributed by atoms with Crippen molar-refractivity contribution in [1.82, 2.24) is 4.90 Å². The second kappa shape index (κ2) is 3.88. The number of fused-ring (bicyclic) bond motifs is 1. The Labute approximate surface area is 78.2 Å². The molecule has 70 valence electrons. The fourth-order valence-electron chi connectivity index (χ4n) is 1.86. The lowest BCUT2D eigenvalue weighted by molar-refractivity contribution is 0.231. The van der Waals surface area contributed by atoms with E-state index >= 15 is 0 Å². The van der Waals surface area contributed by atoms with Crippen molar-refractivity contribution < 1.29 is 4.39 Å². The molecule has 2 heteroatoms. The zero-order valence-corrected chi connectivity index (χ0v) is 7.67. The largest absolute Gasteiger partial charge is 0.296 e. The first-order chi connectivity index (χ1) is 6.40. The van der Waals surface area contributed by atoms with Crippen LogP contribution in [0.4, 0.5) is 4.39 Å². The molecule has 1 aromatic carbocycles. The van der Waals surface area contributed by atoms with Gasteiger partial charge in [-0.05, 0) is 17.5 Å². The topological polar surface area (TPSA) is 3.24 Å². The van der Waals surface area contributed by atoms with Gasteiger partial charge in [-0.25, -0.2) is 4.39 Å². The summed E-state index contributed by atoms with van der Waals surface area (Å²) in [5.41, 5.74) is 2.79. The second-order valence-electron chi connectivity index (χ2n) is 3.48. The summed E-state index contributed by atoms with van der Waals surface area (Å²) in [5, 5.41) is 0. The zero-order chi connectivity index (χ0) is 9.10. The molecular weight excluding hydrogens is 165 g/mol. The van der Waals surface area contributed by atoms with Crippen molar-refractivity contribution in [2.24, 2.45) is 0 Å². The third-order valence-corrected chi connectivity index (χ3v) is 2.61. The number of nitrogens with zero attached hydrogens (tertiary/aromatic N) is 1. The highest BCUT2D eigenvalue weighted by Crippen LogP contribution is 2.17. The van der Waals surface area contributed by atoms with Crippen LogP contribution in [0, 0.1) is 0 Å². The Bertz CT molecular complexity index is 285. The van der Waals surface area contributed by atoms with Gasteiger partial charge in [0.25, 0.3) is 0 Å². The quantitative estimate of drug-likeness (QED) is 0.671. The van der Waals surface area contributed by atoms with Gasteiger partial charge in [0.15, 0.2) is 0 Å². The molecule has 1 heterocycles. The molecule has 0 N–H and O–H groups in total. The standard InChI is InChI=1S/C11H14FN/c12-6-8-13-7-5-10-3-1-2-4-11(10)9-13/h1-4H,5-9H2. The molecule has 0 aromatic heterocycles. The first kappa shape index (κ1) is 8.70. The highest BCUT2D eigenvalue weighted by molar-refractivity contribution is 5.28. The van der Waals surface area contributed by atoms with E-state index in [1.165, 1.54) is 11.1 Å². The van der Waals surface area contributed by atoms with Gasteiger partial charge in [0.1, 0.15) is 6.67 Å². The Balaban J connectivity index is 2.11. The summed E-state index contributed by atoms with van der Waals surface area (Å²) in [6.07, 6.45) is 1.07. The Morgan fingerprint density at radius 2 is 2.00 bits per heavy atom. The van der Waals surface area contributed by atoms with Gasteiger partial charge in [0.05, 0.1) is 0 Å². The van der Waals surface area contributed by atoms with Crippen LogP contribution in [0.3, 0.4) is 0 Å². The highest BCUT2D eigenvalue weighted by atomic mass is 19.1. The van der Waals surface area contributed by atoms with Gasteiger partial charge in [-0.1, -0.05) is 24.3 Å². The van der Waals surface area contributed by atoms with Crippen molar-refractivity contribution in [3.05, 3.63) is 35.4 Å². The van der Waals surface area contributed by atoms with Gasteiger partial charge in [0.2, 0.25) is 0 Å². The lowest BCUT2D eigenvalue weighted by atomic mass is 10.0. The van der Waals surface area contributed by atoms with Crippen molar-refractivity contribution in [2.45, 2.75) is 13.0 Å². The summed E-state index contributed by atoms with van der Waals surface area (Å²) >= 11 is 0. The number of hydrogen-bond acceptors (Lipinski definition) is 1. The van der Waals surface area contributed by atoms with Crippen LogP contribution in [-0.4, -0.2) is 24.7 Å². The molecule has 2 rings (SSSR count). The summed E-state index contributed by atoms with van der Waals surface area (Å²) < 4.78 is 12.1. The molecule has 0 unspecified atom stereocenters. The van der Waals surface area contributed by atoms with Gasteiger partial charge >= 0.3 is 0 Å². The van der Waals surface area contributed by atoms with E-state index < -0.39 is 0 Å². The van der Waals surface area contributed by atoms with Crippen LogP contribution in [0.5, 0.6) is 0 Å². The summed E-state index contributed by atoms with van der Waals surface area (Å²) in [4.78, 5) is 2.17. The normalized spacial score (nSPS) is 17.0. The van der Waals surface area contributed by atoms with E-state index in [9.17, 15) is 4.39 Å². The van der Waals surface area contributed by atoms with Gasteiger partial charge in [-0.3, -0.25) is 4.90 Å². The molecule has 0 atom stereocenters. The van der Waals surface area contributed by atoms with Crippen molar-refractivity contribution >= 4 is 0 Å². The van der Waals surface area contributed by atoms with E-state index in [-0.39, 0.29) is 6.67 Å². The van der Waals surface area contributed by atoms with E-state index in [4.69, 9.17) is 0 Å². The summed E-state index contributed by atoms with van der Waals surface area (Å²) in [5.74, 6) is 0. The van der Waals surface area contributed by atoms with Crippen LogP contribution in [-0.2, 0) is 13.0 Å². The predicted molar refractivity (Wildman–Crippen MR) is 51.4 cm³/mol. The van der Waals surface area contributed by atoms with E-state index in [0.717, 1.165) is 19.5 Å². The average molecular weight is 179 g/mol. The predicted octanol–water partition coefficient (Wildman–Crippen LogP) is 2.01. The third-order valence-electron chi connectivity index (χ3n) is 2.61. The SMILES string of the molecule is FCCN1CCc2ccccc2C1. The minimum atomic E-state index is -0.234. The molecule has 0 aliphatic carbocycles. The third kappa shape index (κ3) is 1.89. The Hall–Kier alpha value is -0.890. The van der Waals surface area contributed by atoms with E-state index in [1.807, 2.05) is 0 Å². The molecule has 13 heavy (non-hydrogen) atoms. The Kier molecular flexibility index (Phi) is 2.60. The molecule has 0 saturated heterocycles. The average Bonchev–Trinajstić information content (AvgIpc) is 2.18. The van der Waals surface area contributed by atoms with E-state index in [1.54, 1.807) is 0 Å². The maximum Gasteiger partial charge on any atom is 0.102 e. The molecule has 1 aliphatic heterocycles. The smallest absolute Gasteiger partial charge is 0.102 e. The fraction of sp³-hybridized carbons (Fsp3) is 0.455. The number of benzene rings is 1. The molecule has 1 aliphatic rings. The lowest BCUT2D eigenvalue weighted by Gasteiger charge is -2.27. The Morgan fingerprint density at radius 1 is 1.23 bits per heavy atom. The maximum absolute atomic E-state index is 12.1. The highest BCUT2D eigenvalue weighted by Gasteiger charge is 2.14. The first-order valence-electron chi connectivity index (χ1n) is 4.75. The van der Waals surface area contributed by atoms with E-state index in [2.05, 4.69) is 29.2 Å². The molecule has 0 amide bonds. The van der Waals surface area contributed by atoms with Gasteiger partial charge < -0.3 is 0 Å². The van der Waals surface area contributed by atoms with Crippen LogP contribution >= 0.6 is 0 Å². The zero-order valence-electron chi connectivity index (χ0n) is 7.67. The number of alkyl halides is 1. The summed E-state index contributed by atoms with van der Waals surface area (Å²) in [6.45, 7) is 2.26. The van der Waals surface area contributed by atoms with Gasteiger partial charge in [-0.2, -0.15) is 0 Å². The van der Waals surface area contributed by atoms with Crippen LogP contribution in [0.2, 0.25) is 0 Å². The second-order valence-corrected chi connectivity index (χ2v) is 3.48. The molecule has 0 radical (unpaired) electrons.